The maximum atomic E-state index is 13.1. The number of unbranched alkanes of at least 4 members (excludes halogenated alkanes) is 46. The van der Waals surface area contributed by atoms with Crippen molar-refractivity contribution in [3.05, 3.63) is 0 Å². The van der Waals surface area contributed by atoms with E-state index in [0.29, 0.717) is 12.8 Å². The molecule has 7 unspecified atom stereocenters. The van der Waals surface area contributed by atoms with Crippen LogP contribution in [-0.4, -0.2) is 87.5 Å². The van der Waals surface area contributed by atoms with Crippen LogP contribution in [0.5, 0.6) is 0 Å². The molecule has 7 atom stereocenters. The molecule has 1 aliphatic heterocycles. The fraction of sp³-hybridized carbons (Fsp3) is 0.984. The minimum absolute atomic E-state index is 0.131. The largest absolute Gasteiger partial charge is 0.394 e. The third-order valence-corrected chi connectivity index (χ3v) is 15.7. The molecule has 9 nitrogen and oxygen atoms in total. The molecule has 0 saturated carbocycles. The van der Waals surface area contributed by atoms with Gasteiger partial charge in [-0.25, -0.2) is 0 Å². The SMILES string of the molecule is CCCCCCCCCCCCCCCCCCCCCCCCCCCCCCCCCCCCC(=O)NC(COC1OC(CO)C(O)C(O)C1O)C(O)CCCCCCCCCCCCCCCC. The van der Waals surface area contributed by atoms with E-state index >= 15 is 0 Å². The summed E-state index contributed by atoms with van der Waals surface area (Å²) in [5, 5.41) is 54.7. The van der Waals surface area contributed by atoms with Gasteiger partial charge in [0.05, 0.1) is 25.4 Å². The summed E-state index contributed by atoms with van der Waals surface area (Å²) in [6, 6.07) is -0.713. The number of carbonyl (C=O) groups excluding carboxylic acids is 1. The average Bonchev–Trinajstić information content (AvgIpc) is 3.37. The van der Waals surface area contributed by atoms with Crippen LogP contribution in [0.25, 0.3) is 0 Å². The zero-order chi connectivity index (χ0) is 51.5. The van der Waals surface area contributed by atoms with Crippen LogP contribution in [0.2, 0.25) is 0 Å². The van der Waals surface area contributed by atoms with Crippen LogP contribution in [0, 0.1) is 0 Å². The van der Waals surface area contributed by atoms with Crippen LogP contribution in [-0.2, 0) is 14.3 Å². The molecule has 0 spiro atoms. The summed E-state index contributed by atoms with van der Waals surface area (Å²) in [7, 11) is 0. The van der Waals surface area contributed by atoms with Crippen molar-refractivity contribution < 1.29 is 39.8 Å². The quantitative estimate of drug-likeness (QED) is 0.0330. The van der Waals surface area contributed by atoms with E-state index in [9.17, 15) is 30.3 Å². The lowest BCUT2D eigenvalue weighted by Gasteiger charge is -2.40. The van der Waals surface area contributed by atoms with Crippen molar-refractivity contribution in [2.24, 2.45) is 0 Å². The maximum Gasteiger partial charge on any atom is 0.220 e. The minimum atomic E-state index is -1.55. The number of aliphatic hydroxyl groups is 5. The molecule has 1 heterocycles. The monoisotopic (exact) mass is 1010 g/mol. The topological polar surface area (TPSA) is 149 Å². The Morgan fingerprint density at radius 2 is 0.704 bits per heavy atom. The third-order valence-electron chi connectivity index (χ3n) is 15.7. The van der Waals surface area contributed by atoms with Crippen LogP contribution in [0.15, 0.2) is 0 Å². The third kappa shape index (κ3) is 42.0. The Hall–Kier alpha value is -0.810. The minimum Gasteiger partial charge on any atom is -0.394 e. The zero-order valence-corrected chi connectivity index (χ0v) is 47.3. The maximum absolute atomic E-state index is 13.1. The van der Waals surface area contributed by atoms with Crippen molar-refractivity contribution in [2.45, 2.75) is 378 Å². The average molecular weight is 1010 g/mol. The highest BCUT2D eigenvalue weighted by Crippen LogP contribution is 2.24. The molecule has 0 aliphatic carbocycles. The molecule has 0 bridgehead atoms. The summed E-state index contributed by atoms with van der Waals surface area (Å²) in [5.41, 5.74) is 0. The summed E-state index contributed by atoms with van der Waals surface area (Å²) in [4.78, 5) is 13.1. The molecule has 1 amide bonds. The number of aliphatic hydroxyl groups excluding tert-OH is 5. The first-order valence-electron chi connectivity index (χ1n) is 31.7. The molecule has 0 radical (unpaired) electrons. The summed E-state index contributed by atoms with van der Waals surface area (Å²) in [6.45, 7) is 3.88. The molecule has 71 heavy (non-hydrogen) atoms. The standard InChI is InChI=1S/C62H123NO8/c1-3-5-7-9-11-13-15-17-19-20-21-22-23-24-25-26-27-28-29-30-31-32-33-34-35-36-37-38-40-42-44-46-48-50-52-58(66)63-55(54-70-62-61(69)60(68)59(67)57(53-64)71-62)56(65)51-49-47-45-43-41-39-18-16-14-12-10-8-6-4-2/h55-57,59-62,64-65,67-69H,3-54H2,1-2H3,(H,63,66). The molecule has 0 aromatic heterocycles. The van der Waals surface area contributed by atoms with E-state index in [0.717, 1.165) is 38.5 Å². The van der Waals surface area contributed by atoms with Crippen molar-refractivity contribution in [2.75, 3.05) is 13.2 Å². The number of hydrogen-bond acceptors (Lipinski definition) is 8. The number of rotatable bonds is 56. The van der Waals surface area contributed by atoms with Crippen molar-refractivity contribution >= 4 is 5.91 Å². The van der Waals surface area contributed by atoms with E-state index in [-0.39, 0.29) is 12.5 Å². The predicted octanol–water partition coefficient (Wildman–Crippen LogP) is 16.2. The van der Waals surface area contributed by atoms with Gasteiger partial charge in [-0.05, 0) is 12.8 Å². The van der Waals surface area contributed by atoms with Gasteiger partial charge in [-0.15, -0.1) is 0 Å². The molecular weight excluding hydrogens is 887 g/mol. The van der Waals surface area contributed by atoms with Gasteiger partial charge in [-0.2, -0.15) is 0 Å². The van der Waals surface area contributed by atoms with Crippen LogP contribution in [0.3, 0.4) is 0 Å². The predicted molar refractivity (Wildman–Crippen MR) is 300 cm³/mol. The first-order valence-corrected chi connectivity index (χ1v) is 31.7. The van der Waals surface area contributed by atoms with Crippen molar-refractivity contribution in [1.29, 1.82) is 0 Å². The second-order valence-corrected chi connectivity index (χ2v) is 22.6. The second-order valence-electron chi connectivity index (χ2n) is 22.6. The number of hydrogen-bond donors (Lipinski definition) is 6. The fourth-order valence-corrected chi connectivity index (χ4v) is 10.7. The molecular formula is C62H123NO8. The highest BCUT2D eigenvalue weighted by molar-refractivity contribution is 5.76. The van der Waals surface area contributed by atoms with Crippen LogP contribution >= 0.6 is 0 Å². The van der Waals surface area contributed by atoms with Crippen LogP contribution in [0.4, 0.5) is 0 Å². The number of carbonyl (C=O) groups is 1. The van der Waals surface area contributed by atoms with E-state index in [1.807, 2.05) is 0 Å². The van der Waals surface area contributed by atoms with Gasteiger partial charge in [0.15, 0.2) is 6.29 Å². The number of ether oxygens (including phenoxy) is 2. The molecule has 1 aliphatic rings. The Morgan fingerprint density at radius 1 is 0.423 bits per heavy atom. The molecule has 1 saturated heterocycles. The lowest BCUT2D eigenvalue weighted by molar-refractivity contribution is -0.302. The molecule has 0 aromatic rings. The van der Waals surface area contributed by atoms with Gasteiger partial charge < -0.3 is 40.3 Å². The van der Waals surface area contributed by atoms with E-state index < -0.39 is 49.5 Å². The van der Waals surface area contributed by atoms with Gasteiger partial charge in [0.25, 0.3) is 0 Å². The van der Waals surface area contributed by atoms with E-state index in [4.69, 9.17) is 9.47 Å². The normalized spacial score (nSPS) is 19.1. The Morgan fingerprint density at radius 3 is 1.00 bits per heavy atom. The summed E-state index contributed by atoms with van der Waals surface area (Å²) < 4.78 is 11.3. The fourth-order valence-electron chi connectivity index (χ4n) is 10.7. The molecule has 6 N–H and O–H groups in total. The molecule has 1 fully saturated rings. The van der Waals surface area contributed by atoms with Crippen molar-refractivity contribution in [3.8, 4) is 0 Å². The van der Waals surface area contributed by atoms with Crippen LogP contribution in [0.1, 0.15) is 335 Å². The van der Waals surface area contributed by atoms with E-state index in [2.05, 4.69) is 19.2 Å². The van der Waals surface area contributed by atoms with Gasteiger partial charge in [-0.3, -0.25) is 4.79 Å². The summed E-state index contributed by atoms with van der Waals surface area (Å²) in [6.07, 6.45) is 57.4. The molecule has 9 heteroatoms. The van der Waals surface area contributed by atoms with Gasteiger partial charge in [0.2, 0.25) is 5.91 Å². The lowest BCUT2D eigenvalue weighted by Crippen LogP contribution is -2.60. The Kier molecular flexibility index (Phi) is 50.6. The Labute approximate surface area is 440 Å². The lowest BCUT2D eigenvalue weighted by atomic mass is 9.99. The van der Waals surface area contributed by atoms with Crippen LogP contribution < -0.4 is 5.32 Å². The number of nitrogens with one attached hydrogen (secondary N) is 1. The van der Waals surface area contributed by atoms with Gasteiger partial charge in [-0.1, -0.05) is 316 Å². The highest BCUT2D eigenvalue weighted by Gasteiger charge is 2.44. The Balaban J connectivity index is 2.05. The Bertz CT molecular complexity index is 1080. The molecule has 0 aromatic carbocycles. The van der Waals surface area contributed by atoms with E-state index in [1.165, 1.54) is 270 Å². The summed E-state index contributed by atoms with van der Waals surface area (Å²) >= 11 is 0. The first-order chi connectivity index (χ1) is 34.8. The van der Waals surface area contributed by atoms with Gasteiger partial charge in [0.1, 0.15) is 24.4 Å². The highest BCUT2D eigenvalue weighted by atomic mass is 16.7. The first kappa shape index (κ1) is 68.2. The van der Waals surface area contributed by atoms with Gasteiger partial charge >= 0.3 is 0 Å². The zero-order valence-electron chi connectivity index (χ0n) is 47.3. The van der Waals surface area contributed by atoms with Crippen molar-refractivity contribution in [3.63, 3.8) is 0 Å². The van der Waals surface area contributed by atoms with E-state index in [1.54, 1.807) is 0 Å². The summed E-state index contributed by atoms with van der Waals surface area (Å²) in [5.74, 6) is -0.136. The van der Waals surface area contributed by atoms with Crippen molar-refractivity contribution in [1.82, 2.24) is 5.32 Å². The molecule has 1 rings (SSSR count). The van der Waals surface area contributed by atoms with Gasteiger partial charge in [0, 0.05) is 6.42 Å². The smallest absolute Gasteiger partial charge is 0.220 e. The second kappa shape index (κ2) is 52.6. The number of amides is 1. The molecule has 424 valence electrons.